The molecule has 1 amide bonds. The fourth-order valence-electron chi connectivity index (χ4n) is 4.37. The highest BCUT2D eigenvalue weighted by molar-refractivity contribution is 5.96. The zero-order chi connectivity index (χ0) is 15.0. The maximum atomic E-state index is 12.5. The molecule has 0 spiro atoms. The zero-order valence-electron chi connectivity index (χ0n) is 13.3. The minimum absolute atomic E-state index is 0.0745. The predicted octanol–water partition coefficient (Wildman–Crippen LogP) is 3.59. The summed E-state index contributed by atoms with van der Waals surface area (Å²) in [6, 6.07) is 6.20. The van der Waals surface area contributed by atoms with Crippen LogP contribution in [-0.4, -0.2) is 19.0 Å². The maximum Gasteiger partial charge on any atom is 0.251 e. The van der Waals surface area contributed by atoms with Crippen molar-refractivity contribution in [1.82, 2.24) is 5.32 Å². The van der Waals surface area contributed by atoms with Gasteiger partial charge in [-0.1, -0.05) is 6.42 Å². The van der Waals surface area contributed by atoms with Gasteiger partial charge >= 0.3 is 0 Å². The summed E-state index contributed by atoms with van der Waals surface area (Å²) in [5.41, 5.74) is 2.87. The van der Waals surface area contributed by atoms with E-state index in [4.69, 9.17) is 0 Å². The molecule has 1 aromatic carbocycles. The van der Waals surface area contributed by atoms with Gasteiger partial charge in [0.2, 0.25) is 0 Å². The fourth-order valence-corrected chi connectivity index (χ4v) is 4.37. The first-order valence-electron chi connectivity index (χ1n) is 8.17. The van der Waals surface area contributed by atoms with Crippen LogP contribution < -0.4 is 10.6 Å². The van der Waals surface area contributed by atoms with E-state index in [1.54, 1.807) is 0 Å². The van der Waals surface area contributed by atoms with Crippen LogP contribution in [0.5, 0.6) is 0 Å². The average Bonchev–Trinajstić information content (AvgIpc) is 3.09. The van der Waals surface area contributed by atoms with Crippen molar-refractivity contribution < 1.29 is 4.79 Å². The molecule has 0 radical (unpaired) electrons. The van der Waals surface area contributed by atoms with Crippen molar-refractivity contribution in [2.75, 3.05) is 12.4 Å². The SMILES string of the molecule is CNc1ccc(C(=O)NC(C)C2CC3CCC2C3)c(C)c1. The Morgan fingerprint density at radius 2 is 2.10 bits per heavy atom. The first-order chi connectivity index (χ1) is 10.1. The van der Waals surface area contributed by atoms with Gasteiger partial charge in [0.15, 0.2) is 0 Å². The van der Waals surface area contributed by atoms with Crippen molar-refractivity contribution in [1.29, 1.82) is 0 Å². The Kier molecular flexibility index (Phi) is 3.92. The molecule has 0 saturated heterocycles. The molecule has 2 N–H and O–H groups in total. The van der Waals surface area contributed by atoms with Crippen LogP contribution in [0, 0.1) is 24.7 Å². The number of hydrogen-bond acceptors (Lipinski definition) is 2. The molecule has 2 saturated carbocycles. The van der Waals surface area contributed by atoms with Crippen molar-refractivity contribution in [3.63, 3.8) is 0 Å². The predicted molar refractivity (Wildman–Crippen MR) is 86.6 cm³/mol. The molecule has 0 heterocycles. The van der Waals surface area contributed by atoms with Gasteiger partial charge in [-0.05, 0) is 74.6 Å². The molecule has 3 heteroatoms. The number of amides is 1. The first kappa shape index (κ1) is 14.4. The van der Waals surface area contributed by atoms with Crippen molar-refractivity contribution in [3.05, 3.63) is 29.3 Å². The quantitative estimate of drug-likeness (QED) is 0.888. The zero-order valence-corrected chi connectivity index (χ0v) is 13.3. The summed E-state index contributed by atoms with van der Waals surface area (Å²) in [5, 5.41) is 6.35. The lowest BCUT2D eigenvalue weighted by atomic mass is 9.84. The lowest BCUT2D eigenvalue weighted by Crippen LogP contribution is -2.40. The minimum atomic E-state index is 0.0745. The highest BCUT2D eigenvalue weighted by atomic mass is 16.1. The highest BCUT2D eigenvalue weighted by Crippen LogP contribution is 2.49. The Morgan fingerprint density at radius 3 is 2.67 bits per heavy atom. The van der Waals surface area contributed by atoms with Crippen LogP contribution in [-0.2, 0) is 0 Å². The number of fused-ring (bicyclic) bond motifs is 2. The third-order valence-corrected chi connectivity index (χ3v) is 5.55. The van der Waals surface area contributed by atoms with Gasteiger partial charge in [-0.25, -0.2) is 0 Å². The van der Waals surface area contributed by atoms with E-state index in [0.29, 0.717) is 5.92 Å². The summed E-state index contributed by atoms with van der Waals surface area (Å²) in [6.07, 6.45) is 5.47. The molecule has 0 aromatic heterocycles. The fraction of sp³-hybridized carbons (Fsp3) is 0.611. The summed E-state index contributed by atoms with van der Waals surface area (Å²) >= 11 is 0. The van der Waals surface area contributed by atoms with Crippen LogP contribution in [0.2, 0.25) is 0 Å². The largest absolute Gasteiger partial charge is 0.388 e. The van der Waals surface area contributed by atoms with Gasteiger partial charge < -0.3 is 10.6 Å². The molecule has 21 heavy (non-hydrogen) atoms. The second-order valence-corrected chi connectivity index (χ2v) is 6.88. The van der Waals surface area contributed by atoms with Crippen LogP contribution in [0.15, 0.2) is 18.2 Å². The standard InChI is InChI=1S/C18H26N2O/c1-11-8-15(19-3)6-7-16(11)18(21)20-12(2)17-10-13-4-5-14(17)9-13/h6-8,12-14,17,19H,4-5,9-10H2,1-3H3,(H,20,21). The molecule has 2 aliphatic rings. The minimum Gasteiger partial charge on any atom is -0.388 e. The number of rotatable bonds is 4. The Balaban J connectivity index is 1.66. The molecule has 2 aliphatic carbocycles. The first-order valence-corrected chi connectivity index (χ1v) is 8.17. The van der Waals surface area contributed by atoms with Gasteiger partial charge in [0.1, 0.15) is 0 Å². The van der Waals surface area contributed by atoms with E-state index in [9.17, 15) is 4.79 Å². The number of nitrogens with one attached hydrogen (secondary N) is 2. The Morgan fingerprint density at radius 1 is 1.29 bits per heavy atom. The Labute approximate surface area is 127 Å². The van der Waals surface area contributed by atoms with Crippen molar-refractivity contribution in [3.8, 4) is 0 Å². The number of anilines is 1. The van der Waals surface area contributed by atoms with E-state index in [0.717, 1.165) is 28.7 Å². The molecular formula is C18H26N2O. The smallest absolute Gasteiger partial charge is 0.251 e. The molecule has 2 bridgehead atoms. The van der Waals surface area contributed by atoms with Gasteiger partial charge in [0, 0.05) is 24.3 Å². The molecule has 114 valence electrons. The van der Waals surface area contributed by atoms with Gasteiger partial charge in [-0.2, -0.15) is 0 Å². The van der Waals surface area contributed by atoms with Gasteiger partial charge in [0.05, 0.1) is 0 Å². The molecule has 4 atom stereocenters. The van der Waals surface area contributed by atoms with E-state index in [2.05, 4.69) is 17.6 Å². The average molecular weight is 286 g/mol. The molecular weight excluding hydrogens is 260 g/mol. The van der Waals surface area contributed by atoms with E-state index in [1.807, 2.05) is 32.2 Å². The van der Waals surface area contributed by atoms with Gasteiger partial charge in [0.25, 0.3) is 5.91 Å². The third-order valence-electron chi connectivity index (χ3n) is 5.55. The summed E-state index contributed by atoms with van der Waals surface area (Å²) in [4.78, 5) is 12.5. The van der Waals surface area contributed by atoms with Crippen LogP contribution in [0.1, 0.15) is 48.5 Å². The molecule has 2 fully saturated rings. The van der Waals surface area contributed by atoms with Gasteiger partial charge in [-0.3, -0.25) is 4.79 Å². The number of hydrogen-bond donors (Lipinski definition) is 2. The Bertz CT molecular complexity index is 540. The van der Waals surface area contributed by atoms with Crippen molar-refractivity contribution in [2.24, 2.45) is 17.8 Å². The van der Waals surface area contributed by atoms with Crippen LogP contribution in [0.25, 0.3) is 0 Å². The number of benzene rings is 1. The van der Waals surface area contributed by atoms with Gasteiger partial charge in [-0.15, -0.1) is 0 Å². The van der Waals surface area contributed by atoms with Crippen molar-refractivity contribution in [2.45, 2.75) is 45.6 Å². The molecule has 1 aromatic rings. The second kappa shape index (κ2) is 5.70. The number of carbonyl (C=O) groups excluding carboxylic acids is 1. The van der Waals surface area contributed by atoms with E-state index in [1.165, 1.54) is 25.7 Å². The third kappa shape index (κ3) is 2.78. The topological polar surface area (TPSA) is 41.1 Å². The lowest BCUT2D eigenvalue weighted by Gasteiger charge is -2.28. The molecule has 3 nitrogen and oxygen atoms in total. The summed E-state index contributed by atoms with van der Waals surface area (Å²) < 4.78 is 0. The molecule has 4 unspecified atom stereocenters. The van der Waals surface area contributed by atoms with E-state index < -0.39 is 0 Å². The summed E-state index contributed by atoms with van der Waals surface area (Å²) in [7, 11) is 1.89. The number of carbonyl (C=O) groups is 1. The molecule has 0 aliphatic heterocycles. The molecule has 3 rings (SSSR count). The van der Waals surface area contributed by atoms with E-state index >= 15 is 0 Å². The van der Waals surface area contributed by atoms with Crippen LogP contribution >= 0.6 is 0 Å². The van der Waals surface area contributed by atoms with Crippen molar-refractivity contribution >= 4 is 11.6 Å². The Hall–Kier alpha value is -1.51. The van der Waals surface area contributed by atoms with Crippen LogP contribution in [0.4, 0.5) is 5.69 Å². The second-order valence-electron chi connectivity index (χ2n) is 6.88. The summed E-state index contributed by atoms with van der Waals surface area (Å²) in [6.45, 7) is 4.18. The monoisotopic (exact) mass is 286 g/mol. The van der Waals surface area contributed by atoms with E-state index in [-0.39, 0.29) is 11.9 Å². The highest BCUT2D eigenvalue weighted by Gasteiger charge is 2.42. The maximum absolute atomic E-state index is 12.5. The lowest BCUT2D eigenvalue weighted by molar-refractivity contribution is 0.0914. The summed E-state index contributed by atoms with van der Waals surface area (Å²) in [5.74, 6) is 2.53. The normalized spacial score (nSPS) is 28.4. The number of aryl methyl sites for hydroxylation is 1. The van der Waals surface area contributed by atoms with Crippen LogP contribution in [0.3, 0.4) is 0 Å².